The first-order valence-corrected chi connectivity index (χ1v) is 11.0. The molecule has 1 saturated heterocycles. The summed E-state index contributed by atoms with van der Waals surface area (Å²) in [6.45, 7) is 8.36. The number of nitrogens with two attached hydrogens (primary N) is 1. The summed E-state index contributed by atoms with van der Waals surface area (Å²) in [6.07, 6.45) is 3.06. The van der Waals surface area contributed by atoms with Crippen LogP contribution in [0.15, 0.2) is 42.6 Å². The van der Waals surface area contributed by atoms with Crippen molar-refractivity contribution < 1.29 is 9.13 Å². The third kappa shape index (κ3) is 3.69. The minimum atomic E-state index is -0.393. The monoisotopic (exact) mass is 434 g/mol. The number of benzene rings is 1. The Morgan fingerprint density at radius 3 is 2.81 bits per heavy atom. The molecule has 0 saturated carbocycles. The van der Waals surface area contributed by atoms with Crippen LogP contribution in [-0.4, -0.2) is 49.7 Å². The summed E-state index contributed by atoms with van der Waals surface area (Å²) in [6, 6.07) is 11.1. The third-order valence-corrected chi connectivity index (χ3v) is 6.26. The number of ether oxygens (including phenoxy) is 1. The lowest BCUT2D eigenvalue weighted by atomic mass is 10.0. The molecule has 2 N–H and O–H groups in total. The maximum absolute atomic E-state index is 14.2. The topological polar surface area (TPSA) is 81.6 Å². The zero-order valence-electron chi connectivity index (χ0n) is 18.5. The van der Waals surface area contributed by atoms with E-state index in [4.69, 9.17) is 15.5 Å². The van der Waals surface area contributed by atoms with Gasteiger partial charge in [-0.2, -0.15) is 0 Å². The van der Waals surface area contributed by atoms with Crippen LogP contribution in [-0.2, 0) is 0 Å². The number of likely N-dealkylation sites (tertiary alicyclic amines) is 1. The number of hydrogen-bond donors (Lipinski definition) is 1. The van der Waals surface area contributed by atoms with Gasteiger partial charge < -0.3 is 10.5 Å². The number of pyridine rings is 2. The average molecular weight is 435 g/mol. The Morgan fingerprint density at radius 2 is 2.06 bits per heavy atom. The smallest absolute Gasteiger partial charge is 0.187 e. The zero-order valence-corrected chi connectivity index (χ0v) is 18.5. The third-order valence-electron chi connectivity index (χ3n) is 6.26. The van der Waals surface area contributed by atoms with Crippen LogP contribution < -0.4 is 10.5 Å². The fourth-order valence-corrected chi connectivity index (χ4v) is 4.41. The number of hydrogen-bond acceptors (Lipinski definition) is 6. The Kier molecular flexibility index (Phi) is 5.06. The van der Waals surface area contributed by atoms with E-state index in [1.807, 2.05) is 29.5 Å². The quantitative estimate of drug-likeness (QED) is 0.512. The molecule has 0 spiro atoms. The Balaban J connectivity index is 1.53. The summed E-state index contributed by atoms with van der Waals surface area (Å²) in [5, 5.41) is 9.40. The van der Waals surface area contributed by atoms with Crippen molar-refractivity contribution in [2.24, 2.45) is 5.73 Å². The van der Waals surface area contributed by atoms with E-state index in [-0.39, 0.29) is 17.3 Å². The first kappa shape index (κ1) is 20.8. The van der Waals surface area contributed by atoms with Gasteiger partial charge >= 0.3 is 0 Å². The highest BCUT2D eigenvalue weighted by molar-refractivity contribution is 5.82. The van der Waals surface area contributed by atoms with Crippen molar-refractivity contribution in [2.45, 2.75) is 38.8 Å². The van der Waals surface area contributed by atoms with Gasteiger partial charge in [0.2, 0.25) is 0 Å². The molecule has 1 aliphatic rings. The number of aromatic nitrogens is 4. The molecule has 3 aromatic heterocycles. The average Bonchev–Trinajstić information content (AvgIpc) is 3.36. The van der Waals surface area contributed by atoms with Crippen LogP contribution in [0.4, 0.5) is 4.39 Å². The van der Waals surface area contributed by atoms with Crippen LogP contribution in [0.25, 0.3) is 28.1 Å². The van der Waals surface area contributed by atoms with Crippen LogP contribution in [0.1, 0.15) is 38.8 Å². The van der Waals surface area contributed by atoms with Gasteiger partial charge in [-0.15, -0.1) is 10.2 Å². The minimum absolute atomic E-state index is 0.144. The number of halogens is 1. The molecule has 0 bridgehead atoms. The number of nitrogens with zero attached hydrogens (tertiary/aromatic N) is 5. The van der Waals surface area contributed by atoms with Crippen LogP contribution in [0.2, 0.25) is 0 Å². The lowest BCUT2D eigenvalue weighted by Gasteiger charge is -2.26. The first-order chi connectivity index (χ1) is 15.3. The molecule has 32 heavy (non-hydrogen) atoms. The summed E-state index contributed by atoms with van der Waals surface area (Å²) in [5.41, 5.74) is 9.42. The second-order valence-corrected chi connectivity index (χ2v) is 8.87. The normalized spacial score (nSPS) is 20.3. The largest absolute Gasteiger partial charge is 0.491 e. The fraction of sp³-hybridized carbons (Fsp3) is 0.375. The SMILES string of the molecule is CCOc1cc2nc(-c3nnc4ccc([C@H](C)N5CC[C@](C)(N)C5)cn34)ccc2cc1F. The van der Waals surface area contributed by atoms with Gasteiger partial charge in [0.15, 0.2) is 23.0 Å². The van der Waals surface area contributed by atoms with E-state index in [1.54, 1.807) is 6.07 Å². The molecule has 166 valence electrons. The lowest BCUT2D eigenvalue weighted by Crippen LogP contribution is -2.39. The van der Waals surface area contributed by atoms with E-state index in [9.17, 15) is 4.39 Å². The molecule has 0 aliphatic carbocycles. The van der Waals surface area contributed by atoms with Gasteiger partial charge in [-0.25, -0.2) is 9.37 Å². The van der Waals surface area contributed by atoms with Gasteiger partial charge in [0, 0.05) is 42.3 Å². The fourth-order valence-electron chi connectivity index (χ4n) is 4.41. The van der Waals surface area contributed by atoms with Gasteiger partial charge in [0.25, 0.3) is 0 Å². The first-order valence-electron chi connectivity index (χ1n) is 11.0. The highest BCUT2D eigenvalue weighted by Crippen LogP contribution is 2.30. The Bertz CT molecular complexity index is 1300. The van der Waals surface area contributed by atoms with Crippen molar-refractivity contribution in [3.05, 3.63) is 54.0 Å². The minimum Gasteiger partial charge on any atom is -0.491 e. The lowest BCUT2D eigenvalue weighted by molar-refractivity contribution is 0.248. The van der Waals surface area contributed by atoms with E-state index in [2.05, 4.69) is 41.2 Å². The molecular formula is C24H27FN6O. The van der Waals surface area contributed by atoms with Crippen molar-refractivity contribution in [1.82, 2.24) is 24.5 Å². The molecule has 0 radical (unpaired) electrons. The number of fused-ring (bicyclic) bond motifs is 2. The van der Waals surface area contributed by atoms with Gasteiger partial charge in [-0.1, -0.05) is 12.1 Å². The molecule has 5 rings (SSSR count). The van der Waals surface area contributed by atoms with Crippen LogP contribution in [0.5, 0.6) is 5.75 Å². The Labute approximate surface area is 186 Å². The number of rotatable bonds is 5. The van der Waals surface area contributed by atoms with Crippen molar-refractivity contribution in [2.75, 3.05) is 19.7 Å². The molecule has 8 heteroatoms. The maximum Gasteiger partial charge on any atom is 0.187 e. The molecular weight excluding hydrogens is 407 g/mol. The Morgan fingerprint density at radius 1 is 1.22 bits per heavy atom. The molecule has 1 fully saturated rings. The van der Waals surface area contributed by atoms with Gasteiger partial charge in [0.1, 0.15) is 5.69 Å². The zero-order chi connectivity index (χ0) is 22.5. The maximum atomic E-state index is 14.2. The van der Waals surface area contributed by atoms with Gasteiger partial charge in [0.05, 0.1) is 12.1 Å². The highest BCUT2D eigenvalue weighted by Gasteiger charge is 2.32. The molecule has 1 aromatic carbocycles. The van der Waals surface area contributed by atoms with Crippen molar-refractivity contribution in [3.63, 3.8) is 0 Å². The molecule has 4 aromatic rings. The summed E-state index contributed by atoms with van der Waals surface area (Å²) in [4.78, 5) is 7.13. The van der Waals surface area contributed by atoms with E-state index in [0.29, 0.717) is 29.0 Å². The van der Waals surface area contributed by atoms with Crippen molar-refractivity contribution in [1.29, 1.82) is 0 Å². The molecule has 7 nitrogen and oxygen atoms in total. The molecule has 0 unspecified atom stereocenters. The van der Waals surface area contributed by atoms with Crippen LogP contribution >= 0.6 is 0 Å². The molecule has 2 atom stereocenters. The van der Waals surface area contributed by atoms with Gasteiger partial charge in [-0.05, 0) is 51.0 Å². The van der Waals surface area contributed by atoms with E-state index in [0.717, 1.165) is 30.7 Å². The summed E-state index contributed by atoms with van der Waals surface area (Å²) < 4.78 is 21.5. The van der Waals surface area contributed by atoms with E-state index < -0.39 is 5.82 Å². The van der Waals surface area contributed by atoms with Crippen LogP contribution in [0.3, 0.4) is 0 Å². The standard InChI is InChI=1S/C24H27FN6O/c1-4-32-21-12-20-16(11-18(21)25)5-7-19(27-20)23-29-28-22-8-6-17(13-31(22)23)15(2)30-10-9-24(3,26)14-30/h5-8,11-13,15H,4,9-10,14,26H2,1-3H3/t15-,24-/m0/s1. The van der Waals surface area contributed by atoms with Gasteiger partial charge in [-0.3, -0.25) is 9.30 Å². The molecule has 1 aliphatic heterocycles. The highest BCUT2D eigenvalue weighted by atomic mass is 19.1. The predicted molar refractivity (Wildman–Crippen MR) is 122 cm³/mol. The second-order valence-electron chi connectivity index (χ2n) is 8.87. The van der Waals surface area contributed by atoms with Crippen molar-refractivity contribution in [3.8, 4) is 17.3 Å². The van der Waals surface area contributed by atoms with Crippen LogP contribution in [0, 0.1) is 5.82 Å². The summed E-state index contributed by atoms with van der Waals surface area (Å²) >= 11 is 0. The van der Waals surface area contributed by atoms with E-state index >= 15 is 0 Å². The van der Waals surface area contributed by atoms with E-state index in [1.165, 1.54) is 6.07 Å². The Hall–Kier alpha value is -3.10. The molecule has 0 amide bonds. The second kappa shape index (κ2) is 7.79. The molecule has 4 heterocycles. The summed E-state index contributed by atoms with van der Waals surface area (Å²) in [5.74, 6) is 0.448. The predicted octanol–water partition coefficient (Wildman–Crippen LogP) is 3.97. The van der Waals surface area contributed by atoms with Crippen molar-refractivity contribution >= 4 is 16.6 Å². The summed E-state index contributed by atoms with van der Waals surface area (Å²) in [7, 11) is 0.